The Morgan fingerprint density at radius 2 is 1.86 bits per heavy atom. The zero-order valence-electron chi connectivity index (χ0n) is 20.6. The van der Waals surface area contributed by atoms with E-state index in [2.05, 4.69) is 10.6 Å². The summed E-state index contributed by atoms with van der Waals surface area (Å²) in [5.41, 5.74) is 3.22. The Hall–Kier alpha value is -4.01. The van der Waals surface area contributed by atoms with Crippen molar-refractivity contribution in [1.82, 2.24) is 15.2 Å². The molecule has 1 aliphatic carbocycles. The molecule has 8 nitrogen and oxygen atoms in total. The van der Waals surface area contributed by atoms with Gasteiger partial charge in [0.25, 0.3) is 0 Å². The molecule has 1 unspecified atom stereocenters. The number of rotatable bonds is 9. The molecular formula is C28H30FN3O5. The zero-order valence-corrected chi connectivity index (χ0v) is 20.6. The molecule has 3 aromatic rings. The predicted molar refractivity (Wildman–Crippen MR) is 135 cm³/mol. The van der Waals surface area contributed by atoms with E-state index in [-0.39, 0.29) is 31.3 Å². The first-order chi connectivity index (χ1) is 17.7. The number of nitrogens with zero attached hydrogens (tertiary/aromatic N) is 1. The molecule has 4 rings (SSSR count). The van der Waals surface area contributed by atoms with Crippen LogP contribution in [0.15, 0.2) is 48.5 Å². The monoisotopic (exact) mass is 507 g/mol. The third-order valence-electron chi connectivity index (χ3n) is 6.80. The average Bonchev–Trinajstić information content (AvgIpc) is 3.15. The number of benzene rings is 2. The third-order valence-corrected chi connectivity index (χ3v) is 6.80. The van der Waals surface area contributed by atoms with Crippen LogP contribution in [0, 0.1) is 11.7 Å². The van der Waals surface area contributed by atoms with Gasteiger partial charge in [-0.15, -0.1) is 0 Å². The molecule has 0 fully saturated rings. The topological polar surface area (TPSA) is 117 Å². The lowest BCUT2D eigenvalue weighted by molar-refractivity contribution is -0.137. The Morgan fingerprint density at radius 1 is 1.11 bits per heavy atom. The first kappa shape index (κ1) is 26.1. The van der Waals surface area contributed by atoms with Crippen LogP contribution in [0.2, 0.25) is 0 Å². The van der Waals surface area contributed by atoms with E-state index in [1.807, 2.05) is 30.3 Å². The van der Waals surface area contributed by atoms with Gasteiger partial charge in [-0.25, -0.2) is 4.39 Å². The number of imide groups is 1. The molecule has 0 saturated heterocycles. The molecule has 1 aromatic heterocycles. The number of carbonyl (C=O) groups is 4. The number of hydrogen-bond acceptors (Lipinski definition) is 4. The smallest absolute Gasteiger partial charge is 0.323 e. The van der Waals surface area contributed by atoms with Crippen LogP contribution in [-0.2, 0) is 45.0 Å². The fourth-order valence-corrected chi connectivity index (χ4v) is 5.06. The highest BCUT2D eigenvalue weighted by Crippen LogP contribution is 2.33. The minimum absolute atomic E-state index is 0.131. The number of aliphatic carboxylic acids is 1. The van der Waals surface area contributed by atoms with Crippen molar-refractivity contribution in [2.75, 3.05) is 0 Å². The van der Waals surface area contributed by atoms with Gasteiger partial charge in [-0.3, -0.25) is 24.5 Å². The molecule has 1 heterocycles. The standard InChI is InChI=1S/C28H30FN3O5/c1-2-25(33)31-26(34)13-18(12-17-6-4-3-5-7-17)28(37)30-20-9-11-24-22(15-20)21-14-19(29)8-10-23(21)32(24)16-27(35)36/h3-8,10,14,18,20H,2,9,11-13,15-16H2,1H3,(H,30,37)(H,35,36)(H,31,33,34)/t18?,20-/m0/s1. The Labute approximate surface area is 213 Å². The number of hydrogen-bond donors (Lipinski definition) is 3. The van der Waals surface area contributed by atoms with Crippen LogP contribution >= 0.6 is 0 Å². The average molecular weight is 508 g/mol. The van der Waals surface area contributed by atoms with Crippen molar-refractivity contribution >= 4 is 34.6 Å². The van der Waals surface area contributed by atoms with Gasteiger partial charge in [0, 0.05) is 35.5 Å². The molecule has 0 radical (unpaired) electrons. The van der Waals surface area contributed by atoms with Crippen LogP contribution in [0.4, 0.5) is 4.39 Å². The van der Waals surface area contributed by atoms with Crippen molar-refractivity contribution < 1.29 is 28.7 Å². The minimum Gasteiger partial charge on any atom is -0.480 e. The van der Waals surface area contributed by atoms with E-state index in [0.29, 0.717) is 36.6 Å². The summed E-state index contributed by atoms with van der Waals surface area (Å²) in [5, 5.41) is 15.4. The van der Waals surface area contributed by atoms with Crippen LogP contribution < -0.4 is 10.6 Å². The van der Waals surface area contributed by atoms with Gasteiger partial charge in [0.15, 0.2) is 0 Å². The molecule has 0 bridgehead atoms. The maximum atomic E-state index is 14.1. The lowest BCUT2D eigenvalue weighted by Crippen LogP contribution is -2.44. The van der Waals surface area contributed by atoms with Gasteiger partial charge in [0.2, 0.25) is 17.7 Å². The predicted octanol–water partition coefficient (Wildman–Crippen LogP) is 3.14. The van der Waals surface area contributed by atoms with E-state index >= 15 is 0 Å². The summed E-state index contributed by atoms with van der Waals surface area (Å²) in [7, 11) is 0. The summed E-state index contributed by atoms with van der Waals surface area (Å²) in [6.07, 6.45) is 1.90. The van der Waals surface area contributed by atoms with Crippen LogP contribution in [0.25, 0.3) is 10.9 Å². The molecule has 3 amide bonds. The molecule has 194 valence electrons. The Kier molecular flexibility index (Phi) is 8.01. The SMILES string of the molecule is CCC(=O)NC(=O)CC(Cc1ccccc1)C(=O)N[C@H]1CCc2c(c3cc(F)ccc3n2CC(=O)O)C1. The molecule has 37 heavy (non-hydrogen) atoms. The molecule has 0 saturated carbocycles. The van der Waals surface area contributed by atoms with E-state index in [1.54, 1.807) is 17.6 Å². The van der Waals surface area contributed by atoms with Crippen molar-refractivity contribution in [3.63, 3.8) is 0 Å². The van der Waals surface area contributed by atoms with Crippen molar-refractivity contribution in [2.24, 2.45) is 5.92 Å². The highest BCUT2D eigenvalue weighted by atomic mass is 19.1. The number of fused-ring (bicyclic) bond motifs is 3. The summed E-state index contributed by atoms with van der Waals surface area (Å²) in [6, 6.07) is 13.4. The van der Waals surface area contributed by atoms with Gasteiger partial charge in [0.05, 0.1) is 5.92 Å². The van der Waals surface area contributed by atoms with Gasteiger partial charge in [0.1, 0.15) is 12.4 Å². The van der Waals surface area contributed by atoms with Crippen molar-refractivity contribution in [3.8, 4) is 0 Å². The number of nitrogens with one attached hydrogen (secondary N) is 2. The number of carboxylic acid groups (broad SMARTS) is 1. The van der Waals surface area contributed by atoms with Crippen LogP contribution in [0.1, 0.15) is 43.0 Å². The van der Waals surface area contributed by atoms with Crippen molar-refractivity contribution in [2.45, 2.75) is 58.0 Å². The minimum atomic E-state index is -0.983. The lowest BCUT2D eigenvalue weighted by atomic mass is 9.89. The molecule has 9 heteroatoms. The van der Waals surface area contributed by atoms with Crippen LogP contribution in [0.3, 0.4) is 0 Å². The lowest BCUT2D eigenvalue weighted by Gasteiger charge is -2.27. The van der Waals surface area contributed by atoms with E-state index in [4.69, 9.17) is 0 Å². The largest absolute Gasteiger partial charge is 0.480 e. The summed E-state index contributed by atoms with van der Waals surface area (Å²) in [6.45, 7) is 1.42. The first-order valence-corrected chi connectivity index (χ1v) is 12.4. The highest BCUT2D eigenvalue weighted by Gasteiger charge is 2.30. The molecule has 2 aromatic carbocycles. The third kappa shape index (κ3) is 6.22. The molecule has 0 aliphatic heterocycles. The Bertz CT molecular complexity index is 1330. The second kappa shape index (κ2) is 11.4. The maximum absolute atomic E-state index is 14.1. The fraction of sp³-hybridized carbons (Fsp3) is 0.357. The highest BCUT2D eigenvalue weighted by molar-refractivity contribution is 5.97. The second-order valence-corrected chi connectivity index (χ2v) is 9.43. The van der Waals surface area contributed by atoms with Crippen molar-refractivity contribution in [1.29, 1.82) is 0 Å². The van der Waals surface area contributed by atoms with Gasteiger partial charge in [-0.1, -0.05) is 37.3 Å². The summed E-state index contributed by atoms with van der Waals surface area (Å²) >= 11 is 0. The van der Waals surface area contributed by atoms with E-state index in [9.17, 15) is 28.7 Å². The molecule has 3 N–H and O–H groups in total. The van der Waals surface area contributed by atoms with Gasteiger partial charge < -0.3 is 15.0 Å². The van der Waals surface area contributed by atoms with Crippen molar-refractivity contribution in [3.05, 3.63) is 71.2 Å². The Morgan fingerprint density at radius 3 is 2.57 bits per heavy atom. The van der Waals surface area contributed by atoms with Crippen LogP contribution in [-0.4, -0.2) is 39.4 Å². The van der Waals surface area contributed by atoms with E-state index in [1.165, 1.54) is 12.1 Å². The summed E-state index contributed by atoms with van der Waals surface area (Å²) in [5.74, 6) is -3.27. The second-order valence-electron chi connectivity index (χ2n) is 9.43. The van der Waals surface area contributed by atoms with E-state index < -0.39 is 29.5 Å². The summed E-state index contributed by atoms with van der Waals surface area (Å²) < 4.78 is 15.8. The molecule has 0 spiro atoms. The zero-order chi connectivity index (χ0) is 26.5. The normalized spacial score (nSPS) is 15.6. The summed E-state index contributed by atoms with van der Waals surface area (Å²) in [4.78, 5) is 48.9. The van der Waals surface area contributed by atoms with Gasteiger partial charge in [-0.05, 0) is 55.0 Å². The number of amides is 3. The maximum Gasteiger partial charge on any atom is 0.323 e. The van der Waals surface area contributed by atoms with Gasteiger partial charge >= 0.3 is 5.97 Å². The molecule has 1 aliphatic rings. The number of carboxylic acids is 1. The van der Waals surface area contributed by atoms with E-state index in [0.717, 1.165) is 16.8 Å². The molecular weight excluding hydrogens is 477 g/mol. The number of carbonyl (C=O) groups excluding carboxylic acids is 3. The Balaban J connectivity index is 1.54. The fourth-order valence-electron chi connectivity index (χ4n) is 5.06. The quantitative estimate of drug-likeness (QED) is 0.411. The number of aromatic nitrogens is 1. The van der Waals surface area contributed by atoms with Crippen LogP contribution in [0.5, 0.6) is 0 Å². The number of halogens is 1. The van der Waals surface area contributed by atoms with Gasteiger partial charge in [-0.2, -0.15) is 0 Å². The first-order valence-electron chi connectivity index (χ1n) is 12.4. The molecule has 2 atom stereocenters.